The molecule has 2 aliphatic rings. The van der Waals surface area contributed by atoms with Crippen molar-refractivity contribution >= 4 is 17.6 Å². The van der Waals surface area contributed by atoms with Gasteiger partial charge in [-0.3, -0.25) is 0 Å². The van der Waals surface area contributed by atoms with Crippen molar-refractivity contribution in [3.05, 3.63) is 42.5 Å². The predicted octanol–water partition coefficient (Wildman–Crippen LogP) is 4.81. The van der Waals surface area contributed by atoms with Gasteiger partial charge in [-0.1, -0.05) is 46.1 Å². The van der Waals surface area contributed by atoms with Crippen LogP contribution in [0.25, 0.3) is 11.6 Å². The van der Waals surface area contributed by atoms with E-state index in [1.165, 1.54) is 6.42 Å². The van der Waals surface area contributed by atoms with Gasteiger partial charge in [0.25, 0.3) is 0 Å². The first-order chi connectivity index (χ1) is 11.2. The third-order valence-corrected chi connectivity index (χ3v) is 6.79. The molecular formula is C21H26O3. The number of carbonyl (C=O) groups is 1. The third-order valence-electron chi connectivity index (χ3n) is 6.79. The van der Waals surface area contributed by atoms with Crippen molar-refractivity contribution in [3.8, 4) is 5.75 Å². The fourth-order valence-corrected chi connectivity index (χ4v) is 4.54. The van der Waals surface area contributed by atoms with Gasteiger partial charge in [-0.05, 0) is 48.3 Å². The van der Waals surface area contributed by atoms with Gasteiger partial charge in [0, 0.05) is 11.0 Å². The first-order valence-electron chi connectivity index (χ1n) is 8.56. The molecule has 2 bridgehead atoms. The maximum Gasteiger partial charge on any atom is 0.338 e. The van der Waals surface area contributed by atoms with Gasteiger partial charge in [0.15, 0.2) is 0 Å². The molecule has 2 fully saturated rings. The van der Waals surface area contributed by atoms with E-state index in [0.717, 1.165) is 18.4 Å². The molecule has 0 aliphatic heterocycles. The second-order valence-electron chi connectivity index (χ2n) is 7.96. The molecule has 3 nitrogen and oxygen atoms in total. The molecule has 0 amide bonds. The van der Waals surface area contributed by atoms with E-state index in [2.05, 4.69) is 33.9 Å². The summed E-state index contributed by atoms with van der Waals surface area (Å²) in [6.45, 7) is 14.4. The summed E-state index contributed by atoms with van der Waals surface area (Å²) in [4.78, 5) is 12.6. The van der Waals surface area contributed by atoms with Crippen LogP contribution in [0.2, 0.25) is 0 Å². The Morgan fingerprint density at radius 3 is 2.62 bits per heavy atom. The quantitative estimate of drug-likeness (QED) is 0.638. The van der Waals surface area contributed by atoms with E-state index in [1.807, 2.05) is 0 Å². The number of carbonyl (C=O) groups excluding carboxylic acids is 1. The largest absolute Gasteiger partial charge is 0.507 e. The van der Waals surface area contributed by atoms with Crippen LogP contribution >= 0.6 is 0 Å². The van der Waals surface area contributed by atoms with E-state index in [1.54, 1.807) is 24.3 Å². The van der Waals surface area contributed by atoms with Gasteiger partial charge in [0.2, 0.25) is 0 Å². The van der Waals surface area contributed by atoms with Gasteiger partial charge >= 0.3 is 5.97 Å². The topological polar surface area (TPSA) is 46.5 Å². The molecule has 1 N–H and O–H groups in total. The minimum Gasteiger partial charge on any atom is -0.507 e. The number of aromatic hydroxyl groups is 1. The van der Waals surface area contributed by atoms with E-state index in [-0.39, 0.29) is 28.3 Å². The smallest absolute Gasteiger partial charge is 0.338 e. The number of phenolic OH excluding ortho intramolecular Hbond substituents is 1. The zero-order chi connectivity index (χ0) is 17.7. The predicted molar refractivity (Wildman–Crippen MR) is 96.3 cm³/mol. The molecule has 2 aliphatic carbocycles. The molecule has 24 heavy (non-hydrogen) atoms. The fourth-order valence-electron chi connectivity index (χ4n) is 4.54. The molecule has 3 rings (SSSR count). The normalized spacial score (nSPS) is 30.1. The summed E-state index contributed by atoms with van der Waals surface area (Å²) in [7, 11) is 0. The van der Waals surface area contributed by atoms with Crippen LogP contribution in [0.1, 0.15) is 51.2 Å². The lowest BCUT2D eigenvalue weighted by Crippen LogP contribution is -2.38. The van der Waals surface area contributed by atoms with Crippen molar-refractivity contribution < 1.29 is 14.6 Å². The van der Waals surface area contributed by atoms with Crippen molar-refractivity contribution in [2.45, 2.75) is 46.1 Å². The highest BCUT2D eigenvalue weighted by Gasteiger charge is 2.62. The number of phenols is 1. The summed E-state index contributed by atoms with van der Waals surface area (Å²) in [6, 6.07) is 5.00. The maximum atomic E-state index is 12.6. The monoisotopic (exact) mass is 326 g/mol. The summed E-state index contributed by atoms with van der Waals surface area (Å²) < 4.78 is 5.85. The summed E-state index contributed by atoms with van der Waals surface area (Å²) in [5.41, 5.74) is 1.62. The molecule has 3 atom stereocenters. The van der Waals surface area contributed by atoms with Gasteiger partial charge in [0.05, 0.1) is 5.57 Å². The van der Waals surface area contributed by atoms with E-state index in [9.17, 15) is 9.90 Å². The Labute approximate surface area is 144 Å². The van der Waals surface area contributed by atoms with E-state index in [0.29, 0.717) is 11.5 Å². The van der Waals surface area contributed by atoms with Crippen molar-refractivity contribution in [1.82, 2.24) is 0 Å². The SMILES string of the molecule is C=Cc1ccc(O)c(C(=C)C(=O)OC2CC3CCC2(C)C3(C)C)c1. The summed E-state index contributed by atoms with van der Waals surface area (Å²) in [6.07, 6.45) is 4.80. The first-order valence-corrected chi connectivity index (χ1v) is 8.56. The van der Waals surface area contributed by atoms with E-state index in [4.69, 9.17) is 4.74 Å². The van der Waals surface area contributed by atoms with E-state index >= 15 is 0 Å². The molecule has 3 unspecified atom stereocenters. The lowest BCUT2D eigenvalue weighted by Gasteiger charge is -2.38. The number of benzene rings is 1. The van der Waals surface area contributed by atoms with Crippen LogP contribution in [0.4, 0.5) is 0 Å². The Kier molecular flexibility index (Phi) is 3.86. The number of ether oxygens (including phenoxy) is 1. The average Bonchev–Trinajstić information content (AvgIpc) is 2.88. The van der Waals surface area contributed by atoms with Crippen molar-refractivity contribution in [3.63, 3.8) is 0 Å². The van der Waals surface area contributed by atoms with Crippen LogP contribution in [0.15, 0.2) is 31.4 Å². The molecule has 3 heteroatoms. The molecule has 0 spiro atoms. The van der Waals surface area contributed by atoms with Gasteiger partial charge in [-0.25, -0.2) is 4.79 Å². The minimum absolute atomic E-state index is 0.0125. The van der Waals surface area contributed by atoms with Gasteiger partial charge in [0.1, 0.15) is 11.9 Å². The second-order valence-corrected chi connectivity index (χ2v) is 7.96. The lowest BCUT2D eigenvalue weighted by molar-refractivity contribution is -0.149. The third kappa shape index (κ3) is 2.29. The zero-order valence-corrected chi connectivity index (χ0v) is 14.8. The number of fused-ring (bicyclic) bond motifs is 2. The number of hydrogen-bond acceptors (Lipinski definition) is 3. The van der Waals surface area contributed by atoms with Gasteiger partial charge in [-0.2, -0.15) is 0 Å². The average molecular weight is 326 g/mol. The second kappa shape index (κ2) is 5.51. The highest BCUT2D eigenvalue weighted by atomic mass is 16.5. The highest BCUT2D eigenvalue weighted by Crippen LogP contribution is 2.66. The Morgan fingerprint density at radius 1 is 1.38 bits per heavy atom. The molecule has 0 heterocycles. The van der Waals surface area contributed by atoms with Crippen LogP contribution in [-0.4, -0.2) is 17.2 Å². The number of rotatable bonds is 4. The molecule has 1 aromatic rings. The minimum atomic E-state index is -0.443. The number of hydrogen-bond donors (Lipinski definition) is 1. The molecule has 2 saturated carbocycles. The van der Waals surface area contributed by atoms with Crippen molar-refractivity contribution in [1.29, 1.82) is 0 Å². The molecule has 0 aromatic heterocycles. The van der Waals surface area contributed by atoms with Crippen LogP contribution in [0.3, 0.4) is 0 Å². The van der Waals surface area contributed by atoms with Crippen LogP contribution in [0, 0.1) is 16.7 Å². The summed E-state index contributed by atoms with van der Waals surface area (Å²) >= 11 is 0. The lowest BCUT2D eigenvalue weighted by atomic mass is 9.70. The van der Waals surface area contributed by atoms with Crippen LogP contribution in [0.5, 0.6) is 5.75 Å². The van der Waals surface area contributed by atoms with E-state index < -0.39 is 5.97 Å². The van der Waals surface area contributed by atoms with Crippen LogP contribution in [-0.2, 0) is 9.53 Å². The molecule has 128 valence electrons. The van der Waals surface area contributed by atoms with Crippen molar-refractivity contribution in [2.24, 2.45) is 16.7 Å². The highest BCUT2D eigenvalue weighted by molar-refractivity contribution is 6.16. The molecule has 0 radical (unpaired) electrons. The fraction of sp³-hybridized carbons (Fsp3) is 0.476. The zero-order valence-electron chi connectivity index (χ0n) is 14.8. The van der Waals surface area contributed by atoms with Crippen LogP contribution < -0.4 is 0 Å². The van der Waals surface area contributed by atoms with Gasteiger partial charge < -0.3 is 9.84 Å². The Hall–Kier alpha value is -2.03. The summed E-state index contributed by atoms with van der Waals surface area (Å²) in [5.74, 6) is 0.189. The first kappa shape index (κ1) is 16.8. The number of esters is 1. The standard InChI is InChI=1S/C21H26O3/c1-6-14-7-8-17(22)16(11-14)13(2)19(23)24-18-12-15-9-10-21(18,5)20(15,3)4/h6-8,11,15,18,22H,1-2,9-10,12H2,3-5H3. The Bertz CT molecular complexity index is 716. The molecule has 0 saturated heterocycles. The molecular weight excluding hydrogens is 300 g/mol. The van der Waals surface area contributed by atoms with Crippen molar-refractivity contribution in [2.75, 3.05) is 0 Å². The summed E-state index contributed by atoms with van der Waals surface area (Å²) in [5, 5.41) is 10.0. The van der Waals surface area contributed by atoms with Gasteiger partial charge in [-0.15, -0.1) is 0 Å². The maximum absolute atomic E-state index is 12.6. The Morgan fingerprint density at radius 2 is 2.08 bits per heavy atom. The molecule has 1 aromatic carbocycles. The Balaban J connectivity index is 1.79.